The quantitative estimate of drug-likeness (QED) is 0.886. The number of phenols is 1. The second kappa shape index (κ2) is 6.39. The molecule has 0 bridgehead atoms. The number of rotatable bonds is 5. The molecule has 0 saturated carbocycles. The smallest absolute Gasteiger partial charge is 0.121 e. The van der Waals surface area contributed by atoms with Gasteiger partial charge in [-0.1, -0.05) is 49.0 Å². The second-order valence-electron chi connectivity index (χ2n) is 5.41. The molecule has 0 unspecified atom stereocenters. The normalized spacial score (nSPS) is 17.0. The number of benzene rings is 2. The van der Waals surface area contributed by atoms with Gasteiger partial charge in [-0.15, -0.1) is 0 Å². The van der Waals surface area contributed by atoms with Gasteiger partial charge in [0.2, 0.25) is 0 Å². The van der Waals surface area contributed by atoms with Gasteiger partial charge in [0.25, 0.3) is 0 Å². The van der Waals surface area contributed by atoms with E-state index in [2.05, 4.69) is 24.0 Å². The van der Waals surface area contributed by atoms with Gasteiger partial charge in [0, 0.05) is 11.8 Å². The fourth-order valence-electron chi connectivity index (χ4n) is 2.51. The Morgan fingerprint density at radius 2 is 1.73 bits per heavy atom. The van der Waals surface area contributed by atoms with Crippen LogP contribution in [0.4, 0.5) is 0 Å². The van der Waals surface area contributed by atoms with E-state index in [0.717, 1.165) is 23.4 Å². The number of allylic oxidation sites excluding steroid dienone is 1. The highest BCUT2D eigenvalue weighted by molar-refractivity contribution is 5.31. The van der Waals surface area contributed by atoms with Crippen LogP contribution in [-0.2, 0) is 17.8 Å². The Bertz CT molecular complexity index is 674. The SMILES string of the molecule is C=C1C=C(OCc2ccc(O)cc2)[C@H](Cc2ccccc2)N1. The van der Waals surface area contributed by atoms with Gasteiger partial charge in [0.1, 0.15) is 18.1 Å². The third-order valence-electron chi connectivity index (χ3n) is 3.64. The van der Waals surface area contributed by atoms with Crippen LogP contribution in [0.3, 0.4) is 0 Å². The molecule has 2 aromatic rings. The number of hydrogen-bond acceptors (Lipinski definition) is 3. The molecule has 0 aromatic heterocycles. The van der Waals surface area contributed by atoms with Crippen molar-refractivity contribution in [1.82, 2.24) is 5.32 Å². The molecule has 0 spiro atoms. The molecule has 2 N–H and O–H groups in total. The lowest BCUT2D eigenvalue weighted by Gasteiger charge is -2.17. The van der Waals surface area contributed by atoms with Crippen molar-refractivity contribution in [2.24, 2.45) is 0 Å². The van der Waals surface area contributed by atoms with Crippen LogP contribution in [0.1, 0.15) is 11.1 Å². The number of hydrogen-bond donors (Lipinski definition) is 2. The minimum atomic E-state index is 0.118. The number of phenolic OH excluding ortho intramolecular Hbond substituents is 1. The maximum atomic E-state index is 9.30. The summed E-state index contributed by atoms with van der Waals surface area (Å²) >= 11 is 0. The van der Waals surface area contributed by atoms with Crippen LogP contribution in [0.25, 0.3) is 0 Å². The van der Waals surface area contributed by atoms with Gasteiger partial charge in [-0.2, -0.15) is 0 Å². The highest BCUT2D eigenvalue weighted by Gasteiger charge is 2.22. The minimum absolute atomic E-state index is 0.118. The summed E-state index contributed by atoms with van der Waals surface area (Å²) in [5.74, 6) is 1.17. The zero-order valence-corrected chi connectivity index (χ0v) is 12.3. The van der Waals surface area contributed by atoms with Crippen molar-refractivity contribution in [3.05, 3.63) is 89.8 Å². The summed E-state index contributed by atoms with van der Waals surface area (Å²) in [5, 5.41) is 12.6. The highest BCUT2D eigenvalue weighted by Crippen LogP contribution is 2.21. The summed E-state index contributed by atoms with van der Waals surface area (Å²) in [4.78, 5) is 0. The summed E-state index contributed by atoms with van der Waals surface area (Å²) in [5.41, 5.74) is 3.16. The molecular formula is C19H19NO2. The van der Waals surface area contributed by atoms with E-state index in [1.807, 2.05) is 36.4 Å². The first kappa shape index (κ1) is 14.3. The number of ether oxygens (including phenoxy) is 1. The Morgan fingerprint density at radius 1 is 1.00 bits per heavy atom. The molecule has 1 atom stereocenters. The lowest BCUT2D eigenvalue weighted by atomic mass is 10.1. The fraction of sp³-hybridized carbons (Fsp3) is 0.158. The van der Waals surface area contributed by atoms with E-state index >= 15 is 0 Å². The van der Waals surface area contributed by atoms with Crippen LogP contribution in [0.15, 0.2) is 78.7 Å². The average molecular weight is 293 g/mol. The summed E-state index contributed by atoms with van der Waals surface area (Å²) in [6.45, 7) is 4.44. The van der Waals surface area contributed by atoms with Gasteiger partial charge in [-0.05, 0) is 29.7 Å². The highest BCUT2D eigenvalue weighted by atomic mass is 16.5. The molecule has 0 radical (unpaired) electrons. The van der Waals surface area contributed by atoms with Crippen LogP contribution >= 0.6 is 0 Å². The summed E-state index contributed by atoms with van der Waals surface area (Å²) in [6.07, 6.45) is 2.81. The van der Waals surface area contributed by atoms with Crippen LogP contribution in [-0.4, -0.2) is 11.1 Å². The first-order valence-corrected chi connectivity index (χ1v) is 7.32. The molecule has 1 heterocycles. The van der Waals surface area contributed by atoms with Gasteiger partial charge in [0.15, 0.2) is 0 Å². The molecule has 2 aromatic carbocycles. The Balaban J connectivity index is 1.64. The molecule has 3 nitrogen and oxygen atoms in total. The zero-order valence-electron chi connectivity index (χ0n) is 12.3. The monoisotopic (exact) mass is 293 g/mol. The molecule has 3 rings (SSSR count). The van der Waals surface area contributed by atoms with E-state index < -0.39 is 0 Å². The van der Waals surface area contributed by atoms with Crippen molar-refractivity contribution in [3.8, 4) is 5.75 Å². The van der Waals surface area contributed by atoms with Gasteiger partial charge < -0.3 is 15.2 Å². The van der Waals surface area contributed by atoms with Crippen molar-refractivity contribution >= 4 is 0 Å². The zero-order chi connectivity index (χ0) is 15.4. The van der Waals surface area contributed by atoms with E-state index in [1.165, 1.54) is 5.56 Å². The van der Waals surface area contributed by atoms with Gasteiger partial charge in [0.05, 0.1) is 6.04 Å². The summed E-state index contributed by atoms with van der Waals surface area (Å²) in [6, 6.07) is 17.5. The van der Waals surface area contributed by atoms with E-state index in [0.29, 0.717) is 6.61 Å². The summed E-state index contributed by atoms with van der Waals surface area (Å²) in [7, 11) is 0. The standard InChI is InChI=1S/C19H19NO2/c1-14-11-19(22-13-16-7-9-17(21)10-8-16)18(20-14)12-15-5-3-2-4-6-15/h2-11,18,20-21H,1,12-13H2/t18-/m0/s1. The third-order valence-corrected chi connectivity index (χ3v) is 3.64. The Morgan fingerprint density at radius 3 is 2.45 bits per heavy atom. The number of aromatic hydroxyl groups is 1. The predicted octanol–water partition coefficient (Wildman–Crippen LogP) is 3.52. The maximum absolute atomic E-state index is 9.30. The molecule has 1 aliphatic rings. The fourth-order valence-corrected chi connectivity index (χ4v) is 2.51. The Labute approximate surface area is 130 Å². The largest absolute Gasteiger partial charge is 0.508 e. The van der Waals surface area contributed by atoms with Gasteiger partial charge >= 0.3 is 0 Å². The second-order valence-corrected chi connectivity index (χ2v) is 5.41. The Hall–Kier alpha value is -2.68. The molecule has 0 aliphatic carbocycles. The maximum Gasteiger partial charge on any atom is 0.121 e. The van der Waals surface area contributed by atoms with Crippen molar-refractivity contribution in [2.75, 3.05) is 0 Å². The first-order valence-electron chi connectivity index (χ1n) is 7.32. The van der Waals surface area contributed by atoms with Gasteiger partial charge in [-0.3, -0.25) is 0 Å². The molecule has 0 saturated heterocycles. The van der Waals surface area contributed by atoms with Crippen LogP contribution in [0.5, 0.6) is 5.75 Å². The Kier molecular flexibility index (Phi) is 4.15. The van der Waals surface area contributed by atoms with Crippen molar-refractivity contribution in [2.45, 2.75) is 19.1 Å². The summed E-state index contributed by atoms with van der Waals surface area (Å²) < 4.78 is 5.94. The van der Waals surface area contributed by atoms with Gasteiger partial charge in [-0.25, -0.2) is 0 Å². The van der Waals surface area contributed by atoms with Crippen LogP contribution < -0.4 is 5.32 Å². The molecule has 1 aliphatic heterocycles. The number of nitrogens with one attached hydrogen (secondary N) is 1. The molecule has 0 fully saturated rings. The van der Waals surface area contributed by atoms with E-state index in [1.54, 1.807) is 12.1 Å². The molecule has 3 heteroatoms. The average Bonchev–Trinajstić information content (AvgIpc) is 2.87. The topological polar surface area (TPSA) is 41.5 Å². The van der Waals surface area contributed by atoms with E-state index in [4.69, 9.17) is 4.74 Å². The molecule has 112 valence electrons. The first-order chi connectivity index (χ1) is 10.7. The van der Waals surface area contributed by atoms with Crippen molar-refractivity contribution in [3.63, 3.8) is 0 Å². The van der Waals surface area contributed by atoms with E-state index in [9.17, 15) is 5.11 Å². The minimum Gasteiger partial charge on any atom is -0.508 e. The van der Waals surface area contributed by atoms with Crippen LogP contribution in [0, 0.1) is 0 Å². The molecule has 0 amide bonds. The lowest BCUT2D eigenvalue weighted by molar-refractivity contribution is 0.180. The molecular weight excluding hydrogens is 274 g/mol. The van der Waals surface area contributed by atoms with Crippen molar-refractivity contribution < 1.29 is 9.84 Å². The van der Waals surface area contributed by atoms with E-state index in [-0.39, 0.29) is 11.8 Å². The van der Waals surface area contributed by atoms with Crippen molar-refractivity contribution in [1.29, 1.82) is 0 Å². The predicted molar refractivity (Wildman–Crippen MR) is 87.2 cm³/mol. The lowest BCUT2D eigenvalue weighted by Crippen LogP contribution is -2.27. The third kappa shape index (κ3) is 3.50. The molecule has 22 heavy (non-hydrogen) atoms. The van der Waals surface area contributed by atoms with Crippen LogP contribution in [0.2, 0.25) is 0 Å².